The van der Waals surface area contributed by atoms with Crippen molar-refractivity contribution in [1.29, 1.82) is 0 Å². The van der Waals surface area contributed by atoms with Gasteiger partial charge in [0, 0.05) is 43.9 Å². The average molecular weight is 433 g/mol. The molecule has 1 spiro atoms. The number of ether oxygens (including phenoxy) is 4. The highest BCUT2D eigenvalue weighted by Gasteiger charge is 2.42. The fraction of sp³-hybridized carbons (Fsp3) is 0.708. The number of hydrogen-bond acceptors (Lipinski definition) is 6. The highest BCUT2D eigenvalue weighted by molar-refractivity contribution is 5.80. The topological polar surface area (TPSA) is 69.3 Å². The molecule has 3 aliphatic rings. The summed E-state index contributed by atoms with van der Waals surface area (Å²) in [7, 11) is 3.41. The third kappa shape index (κ3) is 4.99. The van der Waals surface area contributed by atoms with Gasteiger partial charge in [-0.3, -0.25) is 9.69 Å². The van der Waals surface area contributed by atoms with E-state index in [1.54, 1.807) is 14.2 Å². The second kappa shape index (κ2) is 9.76. The zero-order valence-electron chi connectivity index (χ0n) is 19.1. The van der Waals surface area contributed by atoms with Crippen molar-refractivity contribution < 1.29 is 23.7 Å². The molecule has 3 aliphatic heterocycles. The van der Waals surface area contributed by atoms with Crippen molar-refractivity contribution in [3.05, 3.63) is 23.3 Å². The van der Waals surface area contributed by atoms with Gasteiger partial charge in [0.25, 0.3) is 0 Å². The lowest BCUT2D eigenvalue weighted by atomic mass is 9.88. The van der Waals surface area contributed by atoms with E-state index in [2.05, 4.69) is 16.3 Å². The minimum absolute atomic E-state index is 0.0144. The lowest BCUT2D eigenvalue weighted by Gasteiger charge is -2.39. The van der Waals surface area contributed by atoms with Crippen molar-refractivity contribution >= 4 is 5.91 Å². The number of benzene rings is 1. The smallest absolute Gasteiger partial charge is 0.249 e. The summed E-state index contributed by atoms with van der Waals surface area (Å²) in [6.45, 7) is 6.19. The lowest BCUT2D eigenvalue weighted by molar-refractivity contribution is -0.131. The summed E-state index contributed by atoms with van der Waals surface area (Å²) in [4.78, 5) is 14.7. The second-order valence-corrected chi connectivity index (χ2v) is 9.07. The van der Waals surface area contributed by atoms with Crippen LogP contribution in [0.25, 0.3) is 0 Å². The first kappa shape index (κ1) is 22.4. The highest BCUT2D eigenvalue weighted by atomic mass is 16.5. The number of nitrogens with zero attached hydrogens (tertiary/aromatic N) is 1. The molecule has 0 aliphatic carbocycles. The van der Waals surface area contributed by atoms with Gasteiger partial charge in [-0.15, -0.1) is 0 Å². The van der Waals surface area contributed by atoms with Gasteiger partial charge in [-0.25, -0.2) is 0 Å². The van der Waals surface area contributed by atoms with Crippen molar-refractivity contribution in [2.45, 2.75) is 69.8 Å². The molecule has 1 N–H and O–H groups in total. The Balaban J connectivity index is 1.26. The van der Waals surface area contributed by atoms with E-state index in [-0.39, 0.29) is 23.7 Å². The maximum absolute atomic E-state index is 12.2. The first-order valence-electron chi connectivity index (χ1n) is 11.5. The summed E-state index contributed by atoms with van der Waals surface area (Å²) in [6, 6.07) is 4.13. The van der Waals surface area contributed by atoms with Crippen LogP contribution < -0.4 is 14.8 Å². The van der Waals surface area contributed by atoms with Crippen LogP contribution in [0.5, 0.6) is 11.5 Å². The number of piperidine rings is 1. The van der Waals surface area contributed by atoms with E-state index in [1.165, 1.54) is 5.56 Å². The first-order valence-corrected chi connectivity index (χ1v) is 11.5. The fourth-order valence-electron chi connectivity index (χ4n) is 5.24. The van der Waals surface area contributed by atoms with E-state index >= 15 is 0 Å². The van der Waals surface area contributed by atoms with Gasteiger partial charge in [-0.2, -0.15) is 0 Å². The normalized spacial score (nSPS) is 25.6. The number of nitrogens with one attached hydrogen (secondary N) is 1. The predicted octanol–water partition coefficient (Wildman–Crippen LogP) is 2.82. The van der Waals surface area contributed by atoms with Gasteiger partial charge < -0.3 is 24.3 Å². The molecule has 3 heterocycles. The van der Waals surface area contributed by atoms with Crippen molar-refractivity contribution in [3.63, 3.8) is 0 Å². The van der Waals surface area contributed by atoms with E-state index in [9.17, 15) is 4.79 Å². The maximum atomic E-state index is 12.2. The zero-order valence-corrected chi connectivity index (χ0v) is 19.1. The Labute approximate surface area is 185 Å². The maximum Gasteiger partial charge on any atom is 0.249 e. The van der Waals surface area contributed by atoms with Crippen LogP contribution in [0, 0.1) is 6.92 Å². The van der Waals surface area contributed by atoms with Gasteiger partial charge >= 0.3 is 0 Å². The average Bonchev–Trinajstić information content (AvgIpc) is 3.45. The molecule has 1 aromatic carbocycles. The summed E-state index contributed by atoms with van der Waals surface area (Å²) in [5, 5.41) is 3.03. The van der Waals surface area contributed by atoms with Crippen LogP contribution in [-0.2, 0) is 20.8 Å². The fourth-order valence-corrected chi connectivity index (χ4v) is 5.24. The standard InChI is InChI=1S/C24H36N2O5/c1-17-20(28-2)7-6-18(22(17)29-3)16-26-12-10-24(11-13-26)9-8-19(31-24)15-25-23(27)21-5-4-14-30-21/h6-7,19,21H,4-5,8-16H2,1-3H3,(H,25,27). The Hall–Kier alpha value is -1.83. The molecule has 4 rings (SSSR count). The summed E-state index contributed by atoms with van der Waals surface area (Å²) in [5.74, 6) is 1.79. The molecule has 0 aromatic heterocycles. The van der Waals surface area contributed by atoms with Crippen molar-refractivity contribution in [2.75, 3.05) is 40.5 Å². The van der Waals surface area contributed by atoms with E-state index in [1.807, 2.05) is 13.0 Å². The lowest BCUT2D eigenvalue weighted by Crippen LogP contribution is -2.45. The molecule has 2 unspecified atom stereocenters. The largest absolute Gasteiger partial charge is 0.496 e. The molecule has 1 aromatic rings. The van der Waals surface area contributed by atoms with Gasteiger partial charge in [0.05, 0.1) is 25.9 Å². The summed E-state index contributed by atoms with van der Waals surface area (Å²) in [5.41, 5.74) is 2.21. The van der Waals surface area contributed by atoms with Crippen molar-refractivity contribution in [2.24, 2.45) is 0 Å². The zero-order chi connectivity index (χ0) is 21.8. The number of amides is 1. The molecule has 7 nitrogen and oxygen atoms in total. The van der Waals surface area contributed by atoms with Crippen molar-refractivity contribution in [3.8, 4) is 11.5 Å². The van der Waals surface area contributed by atoms with Gasteiger partial charge in [0.15, 0.2) is 0 Å². The van der Waals surface area contributed by atoms with Crippen LogP contribution in [-0.4, -0.2) is 69.1 Å². The molecule has 0 saturated carbocycles. The Morgan fingerprint density at radius 3 is 2.68 bits per heavy atom. The molecular weight excluding hydrogens is 396 g/mol. The Morgan fingerprint density at radius 2 is 2.00 bits per heavy atom. The molecule has 1 amide bonds. The molecule has 172 valence electrons. The quantitative estimate of drug-likeness (QED) is 0.715. The molecule has 7 heteroatoms. The van der Waals surface area contributed by atoms with Gasteiger partial charge in [0.1, 0.15) is 17.6 Å². The summed E-state index contributed by atoms with van der Waals surface area (Å²) in [6.07, 6.45) is 5.79. The molecule has 31 heavy (non-hydrogen) atoms. The number of hydrogen-bond donors (Lipinski definition) is 1. The van der Waals surface area contributed by atoms with Crippen LogP contribution in [0.2, 0.25) is 0 Å². The Kier molecular flexibility index (Phi) is 7.04. The van der Waals surface area contributed by atoms with E-state index in [0.717, 1.165) is 75.2 Å². The van der Waals surface area contributed by atoms with Crippen LogP contribution >= 0.6 is 0 Å². The Bertz CT molecular complexity index is 769. The van der Waals surface area contributed by atoms with E-state index < -0.39 is 0 Å². The van der Waals surface area contributed by atoms with Crippen LogP contribution in [0.1, 0.15) is 49.7 Å². The molecule has 3 fully saturated rings. The van der Waals surface area contributed by atoms with Crippen molar-refractivity contribution in [1.82, 2.24) is 10.2 Å². The molecular formula is C24H36N2O5. The summed E-state index contributed by atoms with van der Waals surface area (Å²) >= 11 is 0. The SMILES string of the molecule is COc1ccc(CN2CCC3(CCC(CNC(=O)C4CCCO4)O3)CC2)c(OC)c1C. The van der Waals surface area contributed by atoms with E-state index in [0.29, 0.717) is 13.2 Å². The Morgan fingerprint density at radius 1 is 1.19 bits per heavy atom. The van der Waals surface area contributed by atoms with Gasteiger partial charge in [0.2, 0.25) is 5.91 Å². The third-order valence-corrected chi connectivity index (χ3v) is 7.09. The predicted molar refractivity (Wildman–Crippen MR) is 118 cm³/mol. The number of carbonyl (C=O) groups excluding carboxylic acids is 1. The first-order chi connectivity index (χ1) is 15.0. The number of methoxy groups -OCH3 is 2. The minimum atomic E-state index is -0.266. The second-order valence-electron chi connectivity index (χ2n) is 9.07. The minimum Gasteiger partial charge on any atom is -0.496 e. The van der Waals surface area contributed by atoms with Gasteiger partial charge in [-0.05, 0) is 51.5 Å². The summed E-state index contributed by atoms with van der Waals surface area (Å²) < 4.78 is 23.0. The molecule has 2 atom stereocenters. The van der Waals surface area contributed by atoms with Crippen LogP contribution in [0.4, 0.5) is 0 Å². The molecule has 0 radical (unpaired) electrons. The number of rotatable bonds is 7. The highest BCUT2D eigenvalue weighted by Crippen LogP contribution is 2.40. The third-order valence-electron chi connectivity index (χ3n) is 7.09. The monoisotopic (exact) mass is 432 g/mol. The molecule has 0 bridgehead atoms. The van der Waals surface area contributed by atoms with Gasteiger partial charge in [-0.1, -0.05) is 6.07 Å². The van der Waals surface area contributed by atoms with Crippen LogP contribution in [0.3, 0.4) is 0 Å². The van der Waals surface area contributed by atoms with E-state index in [4.69, 9.17) is 18.9 Å². The number of likely N-dealkylation sites (tertiary alicyclic amines) is 1. The van der Waals surface area contributed by atoms with Crippen LogP contribution in [0.15, 0.2) is 12.1 Å². The molecule has 3 saturated heterocycles. The number of carbonyl (C=O) groups is 1.